The Morgan fingerprint density at radius 2 is 1.82 bits per heavy atom. The zero-order chi connectivity index (χ0) is 12.7. The van der Waals surface area contributed by atoms with Crippen molar-refractivity contribution in [3.05, 3.63) is 18.2 Å². The first-order valence-electron chi connectivity index (χ1n) is 6.32. The highest BCUT2D eigenvalue weighted by Crippen LogP contribution is 2.30. The van der Waals surface area contributed by atoms with Gasteiger partial charge in [-0.05, 0) is 31.9 Å². The molecule has 0 spiro atoms. The average Bonchev–Trinajstić information content (AvgIpc) is 2.36. The van der Waals surface area contributed by atoms with Crippen LogP contribution in [0.25, 0.3) is 0 Å². The summed E-state index contributed by atoms with van der Waals surface area (Å²) < 4.78 is 10.8. The van der Waals surface area contributed by atoms with E-state index in [2.05, 4.69) is 19.2 Å². The highest BCUT2D eigenvalue weighted by Gasteiger charge is 2.07. The van der Waals surface area contributed by atoms with Crippen molar-refractivity contribution in [3.63, 3.8) is 0 Å². The molecule has 96 valence electrons. The minimum absolute atomic E-state index is 0.512. The Bertz CT molecular complexity index is 335. The van der Waals surface area contributed by atoms with Crippen LogP contribution < -0.4 is 14.8 Å². The van der Waals surface area contributed by atoms with E-state index in [-0.39, 0.29) is 0 Å². The van der Waals surface area contributed by atoms with Crippen LogP contribution in [0.5, 0.6) is 11.5 Å². The number of hydrogen-bond acceptors (Lipinski definition) is 3. The molecule has 0 saturated heterocycles. The minimum atomic E-state index is 0.512. The summed E-state index contributed by atoms with van der Waals surface area (Å²) in [5.74, 6) is 1.58. The fourth-order valence-electron chi connectivity index (χ4n) is 1.76. The van der Waals surface area contributed by atoms with Gasteiger partial charge in [-0.2, -0.15) is 0 Å². The van der Waals surface area contributed by atoms with Gasteiger partial charge in [-0.15, -0.1) is 0 Å². The normalized spacial score (nSPS) is 10.4. The van der Waals surface area contributed by atoms with E-state index in [4.69, 9.17) is 9.47 Å². The summed E-state index contributed by atoms with van der Waals surface area (Å²) in [5.41, 5.74) is 1.09. The number of nitrogens with one attached hydrogen (secondary N) is 1. The summed E-state index contributed by atoms with van der Waals surface area (Å²) >= 11 is 0. The van der Waals surface area contributed by atoms with E-state index in [0.29, 0.717) is 12.6 Å². The van der Waals surface area contributed by atoms with E-state index in [9.17, 15) is 0 Å². The molecule has 1 aromatic rings. The molecule has 0 atom stereocenters. The Labute approximate surface area is 104 Å². The molecule has 0 aliphatic heterocycles. The van der Waals surface area contributed by atoms with E-state index in [0.717, 1.165) is 30.0 Å². The summed E-state index contributed by atoms with van der Waals surface area (Å²) in [5, 5.41) is 3.49. The lowest BCUT2D eigenvalue weighted by atomic mass is 10.1. The lowest BCUT2D eigenvalue weighted by Crippen LogP contribution is -2.16. The monoisotopic (exact) mass is 237 g/mol. The predicted octanol–water partition coefficient (Wildman–Crippen LogP) is 3.69. The highest BCUT2D eigenvalue weighted by atomic mass is 16.5. The largest absolute Gasteiger partial charge is 0.493 e. The molecular weight excluding hydrogens is 214 g/mol. The predicted molar refractivity (Wildman–Crippen MR) is 72.2 cm³/mol. The van der Waals surface area contributed by atoms with Gasteiger partial charge < -0.3 is 14.8 Å². The molecule has 1 aromatic carbocycles. The Morgan fingerprint density at radius 3 is 2.35 bits per heavy atom. The molecule has 0 unspecified atom stereocenters. The molecule has 0 heterocycles. The van der Waals surface area contributed by atoms with Gasteiger partial charge in [-0.25, -0.2) is 0 Å². The van der Waals surface area contributed by atoms with Gasteiger partial charge in [0.2, 0.25) is 0 Å². The average molecular weight is 237 g/mol. The quantitative estimate of drug-likeness (QED) is 0.784. The fourth-order valence-corrected chi connectivity index (χ4v) is 1.76. The SMILES string of the molecule is CCOc1cc(NC(CC)CC)ccc1OC. The van der Waals surface area contributed by atoms with Crippen molar-refractivity contribution in [2.24, 2.45) is 0 Å². The third kappa shape index (κ3) is 3.84. The van der Waals surface area contributed by atoms with Gasteiger partial charge in [0, 0.05) is 17.8 Å². The first kappa shape index (κ1) is 13.7. The Hall–Kier alpha value is -1.38. The maximum atomic E-state index is 5.55. The van der Waals surface area contributed by atoms with Crippen molar-refractivity contribution >= 4 is 5.69 Å². The Kier molecular flexibility index (Phi) is 5.67. The van der Waals surface area contributed by atoms with E-state index in [1.807, 2.05) is 25.1 Å². The molecule has 17 heavy (non-hydrogen) atoms. The van der Waals surface area contributed by atoms with E-state index in [1.165, 1.54) is 0 Å². The first-order valence-corrected chi connectivity index (χ1v) is 6.32. The van der Waals surface area contributed by atoms with Crippen LogP contribution in [0.3, 0.4) is 0 Å². The van der Waals surface area contributed by atoms with Crippen LogP contribution >= 0.6 is 0 Å². The van der Waals surface area contributed by atoms with E-state index < -0.39 is 0 Å². The molecule has 0 fully saturated rings. The molecule has 0 saturated carbocycles. The molecule has 0 aromatic heterocycles. The summed E-state index contributed by atoms with van der Waals surface area (Å²) in [4.78, 5) is 0. The maximum Gasteiger partial charge on any atom is 0.163 e. The molecule has 0 aliphatic rings. The third-order valence-corrected chi connectivity index (χ3v) is 2.82. The van der Waals surface area contributed by atoms with Crippen molar-refractivity contribution in [1.29, 1.82) is 0 Å². The fraction of sp³-hybridized carbons (Fsp3) is 0.571. The standard InChI is InChI=1S/C14H23NO2/c1-5-11(6-2)15-12-8-9-13(16-4)14(10-12)17-7-3/h8-11,15H,5-7H2,1-4H3. The van der Waals surface area contributed by atoms with Gasteiger partial charge in [0.1, 0.15) is 0 Å². The van der Waals surface area contributed by atoms with Crippen LogP contribution in [0.15, 0.2) is 18.2 Å². The second-order valence-corrected chi connectivity index (χ2v) is 3.96. The zero-order valence-corrected chi connectivity index (χ0v) is 11.2. The van der Waals surface area contributed by atoms with Crippen LogP contribution in [-0.4, -0.2) is 19.8 Å². The van der Waals surface area contributed by atoms with E-state index >= 15 is 0 Å². The second-order valence-electron chi connectivity index (χ2n) is 3.96. The van der Waals surface area contributed by atoms with Gasteiger partial charge in [0.15, 0.2) is 11.5 Å². The van der Waals surface area contributed by atoms with Gasteiger partial charge in [-0.1, -0.05) is 13.8 Å². The number of benzene rings is 1. The number of methoxy groups -OCH3 is 1. The van der Waals surface area contributed by atoms with Crippen LogP contribution in [-0.2, 0) is 0 Å². The Morgan fingerprint density at radius 1 is 1.12 bits per heavy atom. The molecule has 1 rings (SSSR count). The van der Waals surface area contributed by atoms with Crippen molar-refractivity contribution < 1.29 is 9.47 Å². The molecule has 1 N–H and O–H groups in total. The molecular formula is C14H23NO2. The number of anilines is 1. The van der Waals surface area contributed by atoms with Crippen LogP contribution in [0, 0.1) is 0 Å². The van der Waals surface area contributed by atoms with Gasteiger partial charge in [0.05, 0.1) is 13.7 Å². The highest BCUT2D eigenvalue weighted by molar-refractivity contribution is 5.55. The first-order chi connectivity index (χ1) is 8.24. The summed E-state index contributed by atoms with van der Waals surface area (Å²) in [7, 11) is 1.66. The van der Waals surface area contributed by atoms with Gasteiger partial charge in [0.25, 0.3) is 0 Å². The van der Waals surface area contributed by atoms with Gasteiger partial charge >= 0.3 is 0 Å². The second kappa shape index (κ2) is 7.05. The van der Waals surface area contributed by atoms with Gasteiger partial charge in [-0.3, -0.25) is 0 Å². The van der Waals surface area contributed by atoms with E-state index in [1.54, 1.807) is 7.11 Å². The van der Waals surface area contributed by atoms with Crippen LogP contribution in [0.1, 0.15) is 33.6 Å². The van der Waals surface area contributed by atoms with Crippen LogP contribution in [0.4, 0.5) is 5.69 Å². The molecule has 0 bridgehead atoms. The lowest BCUT2D eigenvalue weighted by Gasteiger charge is -2.18. The smallest absolute Gasteiger partial charge is 0.163 e. The number of hydrogen-bond donors (Lipinski definition) is 1. The summed E-state index contributed by atoms with van der Waals surface area (Å²) in [6, 6.07) is 6.48. The van der Waals surface area contributed by atoms with Crippen molar-refractivity contribution in [1.82, 2.24) is 0 Å². The molecule has 3 nitrogen and oxygen atoms in total. The molecule has 3 heteroatoms. The van der Waals surface area contributed by atoms with Crippen molar-refractivity contribution in [2.75, 3.05) is 19.0 Å². The molecule has 0 amide bonds. The summed E-state index contributed by atoms with van der Waals surface area (Å²) in [6.45, 7) is 6.99. The molecule has 0 radical (unpaired) electrons. The lowest BCUT2D eigenvalue weighted by molar-refractivity contribution is 0.311. The summed E-state index contributed by atoms with van der Waals surface area (Å²) in [6.07, 6.45) is 2.24. The maximum absolute atomic E-state index is 5.55. The molecule has 0 aliphatic carbocycles. The number of rotatable bonds is 7. The zero-order valence-electron chi connectivity index (χ0n) is 11.2. The van der Waals surface area contributed by atoms with Crippen molar-refractivity contribution in [3.8, 4) is 11.5 Å². The van der Waals surface area contributed by atoms with Crippen LogP contribution in [0.2, 0.25) is 0 Å². The van der Waals surface area contributed by atoms with Crippen molar-refractivity contribution in [2.45, 2.75) is 39.7 Å². The topological polar surface area (TPSA) is 30.5 Å². The third-order valence-electron chi connectivity index (χ3n) is 2.82. The Balaban J connectivity index is 2.83. The number of ether oxygens (including phenoxy) is 2. The minimum Gasteiger partial charge on any atom is -0.493 e.